The van der Waals surface area contributed by atoms with Crippen molar-refractivity contribution in [2.24, 2.45) is 5.92 Å². The lowest BCUT2D eigenvalue weighted by molar-refractivity contribution is -0.151. The van der Waals surface area contributed by atoms with Crippen molar-refractivity contribution in [3.8, 4) is 17.0 Å². The van der Waals surface area contributed by atoms with Crippen molar-refractivity contribution in [3.63, 3.8) is 0 Å². The number of alkyl halides is 1. The van der Waals surface area contributed by atoms with E-state index in [2.05, 4.69) is 5.92 Å². The fourth-order valence-electron chi connectivity index (χ4n) is 3.48. The van der Waals surface area contributed by atoms with Crippen LogP contribution in [0.15, 0.2) is 52.2 Å². The van der Waals surface area contributed by atoms with Crippen molar-refractivity contribution in [3.05, 3.63) is 63.4 Å². The Kier molecular flexibility index (Phi) is 8.89. The van der Waals surface area contributed by atoms with E-state index in [1.54, 1.807) is 32.0 Å². The first-order valence-corrected chi connectivity index (χ1v) is 13.8. The van der Waals surface area contributed by atoms with Gasteiger partial charge in [-0.1, -0.05) is 42.6 Å². The van der Waals surface area contributed by atoms with Crippen molar-refractivity contribution in [1.29, 1.82) is 0 Å². The molecule has 1 saturated heterocycles. The van der Waals surface area contributed by atoms with Gasteiger partial charge in [-0.2, -0.15) is 0 Å². The van der Waals surface area contributed by atoms with Gasteiger partial charge in [-0.05, 0) is 37.6 Å². The Balaban J connectivity index is 1.99. The van der Waals surface area contributed by atoms with Crippen molar-refractivity contribution < 1.29 is 35.7 Å². The molecular formula is C24H27Cl2N2O9P. The number of aromatic amines is 1. The van der Waals surface area contributed by atoms with Crippen LogP contribution in [0.2, 0.25) is 0 Å². The molecule has 1 fully saturated rings. The van der Waals surface area contributed by atoms with E-state index in [4.69, 9.17) is 44.5 Å². The van der Waals surface area contributed by atoms with E-state index < -0.39 is 72.9 Å². The summed E-state index contributed by atoms with van der Waals surface area (Å²) >= 11 is 12.1. The molecule has 6 atom stereocenters. The van der Waals surface area contributed by atoms with Gasteiger partial charge in [-0.3, -0.25) is 23.7 Å². The molecule has 0 amide bonds. The lowest BCUT2D eigenvalue weighted by Gasteiger charge is -2.25. The Hall–Kier alpha value is -2.58. The number of benzene rings is 1. The first kappa shape index (κ1) is 27.0. The Morgan fingerprint density at radius 2 is 2.00 bits per heavy atom. The minimum atomic E-state index is -4.55. The van der Waals surface area contributed by atoms with Gasteiger partial charge in [0.25, 0.3) is 5.56 Å². The lowest BCUT2D eigenvalue weighted by Crippen LogP contribution is -2.44. The minimum absolute atomic E-state index is 0.0521. The summed E-state index contributed by atoms with van der Waals surface area (Å²) in [6, 6.07) is 8.69. The second-order valence-corrected chi connectivity index (χ2v) is 11.4. The smallest absolute Gasteiger partial charge is 0.380 e. The van der Waals surface area contributed by atoms with Gasteiger partial charge < -0.3 is 19.1 Å². The summed E-state index contributed by atoms with van der Waals surface area (Å²) in [6.07, 6.45) is -5.78. The number of aliphatic hydroxyl groups is 1. The Morgan fingerprint density at radius 3 is 2.61 bits per heavy atom. The molecule has 14 heteroatoms. The summed E-state index contributed by atoms with van der Waals surface area (Å²) in [5, 5.41) is 13.1. The van der Waals surface area contributed by atoms with E-state index in [0.29, 0.717) is 0 Å². The maximum atomic E-state index is 14.0. The molecule has 38 heavy (non-hydrogen) atoms. The van der Waals surface area contributed by atoms with Crippen LogP contribution in [0.4, 0.5) is 0 Å². The highest BCUT2D eigenvalue weighted by Crippen LogP contribution is 2.51. The van der Waals surface area contributed by atoms with Gasteiger partial charge in [-0.15, -0.1) is 0 Å². The van der Waals surface area contributed by atoms with Gasteiger partial charge in [0.1, 0.15) is 18.0 Å². The van der Waals surface area contributed by atoms with Gasteiger partial charge in [0.15, 0.2) is 11.1 Å². The number of aliphatic hydroxyl groups excluding tert-OH is 1. The Labute approximate surface area is 231 Å². The predicted octanol–water partition coefficient (Wildman–Crippen LogP) is 2.85. The lowest BCUT2D eigenvalue weighted by atomic mass is 9.99. The quantitative estimate of drug-likeness (QED) is 0.184. The maximum absolute atomic E-state index is 14.0. The SMILES string of the molecule is [2H]C([2H])(O[P@@](=O)(C[C@@H](C)C(=O)OC(C)C)Oc1ccccc1)[C@H]1O[C@@H](n2ccc(=O)[nH]c2=O)C(Cl)(C#CCl)[C@H]1O. The number of nitrogens with one attached hydrogen (secondary N) is 1. The summed E-state index contributed by atoms with van der Waals surface area (Å²) in [5.41, 5.74) is -1.73. The number of carbonyl (C=O) groups is 1. The van der Waals surface area contributed by atoms with E-state index >= 15 is 0 Å². The van der Waals surface area contributed by atoms with E-state index in [1.165, 1.54) is 19.1 Å². The number of esters is 1. The molecule has 1 unspecified atom stereocenters. The third-order valence-corrected chi connectivity index (χ3v) is 7.71. The number of nitrogens with zero attached hydrogens (tertiary/aromatic N) is 1. The van der Waals surface area contributed by atoms with Crippen LogP contribution >= 0.6 is 30.8 Å². The number of para-hydroxylation sites is 1. The van der Waals surface area contributed by atoms with Crippen LogP contribution in [0.5, 0.6) is 5.75 Å². The summed E-state index contributed by atoms with van der Waals surface area (Å²) in [5.74, 6) is 0.582. The van der Waals surface area contributed by atoms with Gasteiger partial charge in [0.2, 0.25) is 0 Å². The second-order valence-electron chi connectivity index (χ2n) is 8.65. The van der Waals surface area contributed by atoms with Crippen molar-refractivity contribution in [1.82, 2.24) is 9.55 Å². The molecule has 1 aromatic carbocycles. The van der Waals surface area contributed by atoms with Crippen LogP contribution in [0, 0.1) is 17.2 Å². The number of carbonyl (C=O) groups excluding carboxylic acids is 1. The normalized spacial score (nSPS) is 26.3. The number of halogens is 2. The Bertz CT molecular complexity index is 1440. The van der Waals surface area contributed by atoms with Gasteiger partial charge >= 0.3 is 19.3 Å². The standard InChI is InChI=1S/C24H27Cl2N2O9P/c1-15(2)35-21(31)16(3)14-38(33,37-17-7-5-4-6-8-17)34-13-18-20(30)24(26,10-11-25)22(36-18)28-12-9-19(29)27-23(28)32/h4-9,12,15-16,18,20,22,30H,13-14H2,1-3H3,(H,27,29,32)/t16-,18-,20+,22-,24?,38+/m1/s1/i13D2. The fraction of sp³-hybridized carbons (Fsp3) is 0.458. The van der Waals surface area contributed by atoms with Crippen LogP contribution in [0.3, 0.4) is 0 Å². The molecule has 1 aliphatic heterocycles. The number of hydrogen-bond donors (Lipinski definition) is 2. The zero-order chi connectivity index (χ0) is 29.9. The summed E-state index contributed by atoms with van der Waals surface area (Å²) < 4.78 is 53.7. The number of ether oxygens (including phenoxy) is 2. The average Bonchev–Trinajstić information content (AvgIpc) is 3.10. The molecule has 0 bridgehead atoms. The molecular weight excluding hydrogens is 562 g/mol. The highest BCUT2D eigenvalue weighted by atomic mass is 35.5. The van der Waals surface area contributed by atoms with Crippen molar-refractivity contribution in [2.45, 2.75) is 50.2 Å². The summed E-state index contributed by atoms with van der Waals surface area (Å²) in [7, 11) is -4.55. The molecule has 0 radical (unpaired) electrons. The highest BCUT2D eigenvalue weighted by Gasteiger charge is 2.56. The summed E-state index contributed by atoms with van der Waals surface area (Å²) in [4.78, 5) is 36.2. The highest BCUT2D eigenvalue weighted by molar-refractivity contribution is 7.54. The van der Waals surface area contributed by atoms with Crippen LogP contribution in [0.25, 0.3) is 0 Å². The maximum Gasteiger partial charge on any atom is 0.380 e. The molecule has 0 spiro atoms. The minimum Gasteiger partial charge on any atom is -0.463 e. The van der Waals surface area contributed by atoms with E-state index in [9.17, 15) is 24.1 Å². The molecule has 1 aliphatic rings. The fourth-order valence-corrected chi connectivity index (χ4v) is 5.72. The zero-order valence-corrected chi connectivity index (χ0v) is 22.9. The average molecular weight is 591 g/mol. The molecule has 0 saturated carbocycles. The number of hydrogen-bond acceptors (Lipinski definition) is 9. The Morgan fingerprint density at radius 1 is 1.32 bits per heavy atom. The number of H-pyrrole nitrogens is 1. The number of rotatable bonds is 10. The van der Waals surface area contributed by atoms with E-state index in [-0.39, 0.29) is 5.75 Å². The molecule has 11 nitrogen and oxygen atoms in total. The molecule has 206 valence electrons. The van der Waals surface area contributed by atoms with Crippen LogP contribution < -0.4 is 15.8 Å². The van der Waals surface area contributed by atoms with Crippen LogP contribution in [-0.2, 0) is 23.4 Å². The van der Waals surface area contributed by atoms with Gasteiger partial charge in [-0.25, -0.2) is 9.36 Å². The van der Waals surface area contributed by atoms with Gasteiger partial charge in [0.05, 0.1) is 27.5 Å². The van der Waals surface area contributed by atoms with Crippen LogP contribution in [-0.4, -0.2) is 56.5 Å². The van der Waals surface area contributed by atoms with Crippen molar-refractivity contribution in [2.75, 3.05) is 12.7 Å². The predicted molar refractivity (Wildman–Crippen MR) is 139 cm³/mol. The first-order chi connectivity index (χ1) is 18.6. The van der Waals surface area contributed by atoms with E-state index in [0.717, 1.165) is 16.8 Å². The number of aromatic nitrogens is 2. The van der Waals surface area contributed by atoms with Crippen LogP contribution in [0.1, 0.15) is 29.7 Å². The van der Waals surface area contributed by atoms with Gasteiger partial charge in [0, 0.05) is 17.6 Å². The van der Waals surface area contributed by atoms with Crippen molar-refractivity contribution >= 4 is 36.8 Å². The topological polar surface area (TPSA) is 146 Å². The summed E-state index contributed by atoms with van der Waals surface area (Å²) in [6.45, 7) is 1.56. The molecule has 0 aliphatic carbocycles. The molecule has 2 N–H and O–H groups in total. The third kappa shape index (κ3) is 7.08. The monoisotopic (exact) mass is 590 g/mol. The molecule has 2 aromatic rings. The molecule has 1 aromatic heterocycles. The third-order valence-electron chi connectivity index (χ3n) is 5.24. The molecule has 3 rings (SSSR count). The zero-order valence-electron chi connectivity index (χ0n) is 22.5. The second kappa shape index (κ2) is 12.5. The molecule has 2 heterocycles. The van der Waals surface area contributed by atoms with E-state index in [1.807, 2.05) is 10.4 Å². The first-order valence-electron chi connectivity index (χ1n) is 12.3. The largest absolute Gasteiger partial charge is 0.463 e.